The Morgan fingerprint density at radius 3 is 2.65 bits per heavy atom. The van der Waals surface area contributed by atoms with Crippen LogP contribution >= 0.6 is 11.8 Å². The van der Waals surface area contributed by atoms with E-state index in [1.165, 1.54) is 10.8 Å². The normalized spacial score (nSPS) is 11.1. The van der Waals surface area contributed by atoms with Crippen LogP contribution < -0.4 is 11.0 Å². The molecule has 0 saturated heterocycles. The molecule has 7 nitrogen and oxygen atoms in total. The van der Waals surface area contributed by atoms with E-state index in [0.29, 0.717) is 33.7 Å². The van der Waals surface area contributed by atoms with Gasteiger partial charge in [0.1, 0.15) is 5.75 Å². The number of carbonyl (C=O) groups excluding carboxylic acids is 1. The summed E-state index contributed by atoms with van der Waals surface area (Å²) in [5.41, 5.74) is 4.70. The fourth-order valence-corrected chi connectivity index (χ4v) is 4.19. The maximum Gasteiger partial charge on any atom is 0.266 e. The molecule has 0 unspecified atom stereocenters. The van der Waals surface area contributed by atoms with Crippen LogP contribution in [0.15, 0.2) is 101 Å². The van der Waals surface area contributed by atoms with E-state index in [4.69, 9.17) is 0 Å². The predicted molar refractivity (Wildman–Crippen MR) is 136 cm³/mol. The number of benzene rings is 3. The monoisotopic (exact) mass is 470 g/mol. The number of amides is 1. The molecule has 0 radical (unpaired) electrons. The van der Waals surface area contributed by atoms with E-state index in [2.05, 4.69) is 22.1 Å². The highest BCUT2D eigenvalue weighted by Crippen LogP contribution is 2.22. The number of carbonyl (C=O) groups is 1. The van der Waals surface area contributed by atoms with E-state index >= 15 is 0 Å². The highest BCUT2D eigenvalue weighted by Gasteiger charge is 2.14. The van der Waals surface area contributed by atoms with E-state index in [1.807, 2.05) is 36.4 Å². The van der Waals surface area contributed by atoms with Gasteiger partial charge in [0.15, 0.2) is 5.16 Å². The molecular formula is C26H22N4O3S. The number of phenols is 1. The van der Waals surface area contributed by atoms with Crippen molar-refractivity contribution in [3.63, 3.8) is 0 Å². The molecule has 1 heterocycles. The maximum atomic E-state index is 13.2. The highest BCUT2D eigenvalue weighted by atomic mass is 32.2. The van der Waals surface area contributed by atoms with Gasteiger partial charge >= 0.3 is 0 Å². The average Bonchev–Trinajstić information content (AvgIpc) is 2.86. The van der Waals surface area contributed by atoms with Gasteiger partial charge in [-0.25, -0.2) is 10.4 Å². The van der Waals surface area contributed by atoms with Gasteiger partial charge in [-0.15, -0.1) is 6.58 Å². The molecule has 0 aliphatic carbocycles. The van der Waals surface area contributed by atoms with Crippen molar-refractivity contribution in [2.75, 3.05) is 5.75 Å². The third-order valence-corrected chi connectivity index (χ3v) is 5.94. The summed E-state index contributed by atoms with van der Waals surface area (Å²) in [5, 5.41) is 15.2. The lowest BCUT2D eigenvalue weighted by Gasteiger charge is -2.12. The van der Waals surface area contributed by atoms with E-state index < -0.39 is 0 Å². The first-order chi connectivity index (χ1) is 16.6. The number of rotatable bonds is 8. The summed E-state index contributed by atoms with van der Waals surface area (Å²) in [7, 11) is 0. The van der Waals surface area contributed by atoms with Crippen molar-refractivity contribution in [3.05, 3.63) is 107 Å². The maximum absolute atomic E-state index is 13.2. The number of nitrogens with one attached hydrogen (secondary N) is 1. The molecule has 4 aromatic rings. The Morgan fingerprint density at radius 1 is 1.09 bits per heavy atom. The first-order valence-corrected chi connectivity index (χ1v) is 11.5. The molecule has 3 aromatic carbocycles. The number of allylic oxidation sites excluding steroid dienone is 1. The van der Waals surface area contributed by atoms with Crippen LogP contribution in [0.5, 0.6) is 5.75 Å². The molecule has 34 heavy (non-hydrogen) atoms. The minimum atomic E-state index is -0.370. The zero-order valence-corrected chi connectivity index (χ0v) is 19.0. The first kappa shape index (κ1) is 23.0. The quantitative estimate of drug-likeness (QED) is 0.133. The van der Waals surface area contributed by atoms with Crippen LogP contribution in [0.4, 0.5) is 0 Å². The molecule has 0 aliphatic heterocycles. The minimum absolute atomic E-state index is 0.00254. The number of aromatic hydroxyl groups is 1. The highest BCUT2D eigenvalue weighted by molar-refractivity contribution is 7.99. The second-order valence-corrected chi connectivity index (χ2v) is 8.26. The number of hydrogen-bond donors (Lipinski definition) is 2. The fourth-order valence-electron chi connectivity index (χ4n) is 3.39. The number of fused-ring (bicyclic) bond motifs is 1. The van der Waals surface area contributed by atoms with Gasteiger partial charge in [0.25, 0.3) is 11.5 Å². The van der Waals surface area contributed by atoms with Crippen molar-refractivity contribution in [2.45, 2.75) is 11.6 Å². The van der Waals surface area contributed by atoms with Crippen molar-refractivity contribution in [3.8, 4) is 11.4 Å². The SMILES string of the molecule is C=CCc1cccc(C=NNC(=O)CSc2nc3ccccc3c(=O)n2-c2ccccc2)c1O. The first-order valence-electron chi connectivity index (χ1n) is 10.5. The molecule has 4 rings (SSSR count). The van der Waals surface area contributed by atoms with Crippen LogP contribution in [-0.4, -0.2) is 32.5 Å². The van der Waals surface area contributed by atoms with Crippen molar-refractivity contribution >= 4 is 34.8 Å². The molecular weight excluding hydrogens is 448 g/mol. The predicted octanol–water partition coefficient (Wildman–Crippen LogP) is 4.06. The van der Waals surface area contributed by atoms with Crippen LogP contribution in [0.2, 0.25) is 0 Å². The number of aromatic nitrogens is 2. The standard InChI is InChI=1S/C26H22N4O3S/c1-2-9-18-10-8-11-19(24(18)32)16-27-29-23(31)17-34-26-28-22-15-7-6-14-21(22)25(33)30(26)20-12-4-3-5-13-20/h2-8,10-16,32H,1,9,17H2,(H,29,31). The molecule has 1 amide bonds. The van der Waals surface area contributed by atoms with Crippen LogP contribution in [0.3, 0.4) is 0 Å². The number of thioether (sulfide) groups is 1. The van der Waals surface area contributed by atoms with Crippen molar-refractivity contribution in [2.24, 2.45) is 5.10 Å². The summed E-state index contributed by atoms with van der Waals surface area (Å²) in [6.07, 6.45) is 3.61. The van der Waals surface area contributed by atoms with Gasteiger partial charge in [-0.05, 0) is 42.3 Å². The van der Waals surface area contributed by atoms with Crippen LogP contribution in [0.25, 0.3) is 16.6 Å². The molecule has 8 heteroatoms. The summed E-state index contributed by atoms with van der Waals surface area (Å²) in [6, 6.07) is 21.6. The molecule has 0 spiro atoms. The van der Waals surface area contributed by atoms with Gasteiger partial charge < -0.3 is 5.11 Å². The van der Waals surface area contributed by atoms with E-state index in [9.17, 15) is 14.7 Å². The Morgan fingerprint density at radius 2 is 1.85 bits per heavy atom. The van der Waals surface area contributed by atoms with E-state index in [1.54, 1.807) is 42.5 Å². The average molecular weight is 471 g/mol. The number of hydrogen-bond acceptors (Lipinski definition) is 6. The second-order valence-electron chi connectivity index (χ2n) is 7.32. The second kappa shape index (κ2) is 10.6. The zero-order valence-electron chi connectivity index (χ0n) is 18.2. The minimum Gasteiger partial charge on any atom is -0.507 e. The lowest BCUT2D eigenvalue weighted by molar-refractivity contribution is -0.118. The Labute approximate surface area is 200 Å². The summed E-state index contributed by atoms with van der Waals surface area (Å²) in [5.74, 6) is -0.274. The van der Waals surface area contributed by atoms with Gasteiger partial charge in [-0.1, -0.05) is 60.3 Å². The van der Waals surface area contributed by atoms with Crippen LogP contribution in [0.1, 0.15) is 11.1 Å². The summed E-state index contributed by atoms with van der Waals surface area (Å²) >= 11 is 1.14. The lowest BCUT2D eigenvalue weighted by atomic mass is 10.1. The van der Waals surface area contributed by atoms with E-state index in [0.717, 1.165) is 17.3 Å². The fraction of sp³-hybridized carbons (Fsp3) is 0.0769. The van der Waals surface area contributed by atoms with E-state index in [-0.39, 0.29) is 23.0 Å². The Kier molecular flexibility index (Phi) is 7.19. The Balaban J connectivity index is 1.52. The molecule has 0 fully saturated rings. The molecule has 0 bridgehead atoms. The van der Waals surface area contributed by atoms with Gasteiger partial charge in [0, 0.05) is 5.56 Å². The van der Waals surface area contributed by atoms with Crippen LogP contribution in [0, 0.1) is 0 Å². The number of para-hydroxylation sites is 3. The summed E-state index contributed by atoms with van der Waals surface area (Å²) < 4.78 is 1.51. The van der Waals surface area contributed by atoms with Gasteiger partial charge in [0.2, 0.25) is 0 Å². The Bertz CT molecular complexity index is 1430. The molecule has 0 saturated carbocycles. The van der Waals surface area contributed by atoms with Gasteiger partial charge in [-0.3, -0.25) is 14.2 Å². The summed E-state index contributed by atoms with van der Waals surface area (Å²) in [6.45, 7) is 3.67. The third kappa shape index (κ3) is 5.07. The Hall–Kier alpha value is -4.17. The molecule has 0 atom stereocenters. The lowest BCUT2D eigenvalue weighted by Crippen LogP contribution is -2.24. The number of hydrazone groups is 1. The molecule has 170 valence electrons. The zero-order chi connectivity index (χ0) is 23.9. The van der Waals surface area contributed by atoms with Crippen molar-refractivity contribution < 1.29 is 9.90 Å². The largest absolute Gasteiger partial charge is 0.507 e. The van der Waals surface area contributed by atoms with Gasteiger partial charge in [-0.2, -0.15) is 5.10 Å². The number of phenolic OH excluding ortho intramolecular Hbond substituents is 1. The molecule has 2 N–H and O–H groups in total. The smallest absolute Gasteiger partial charge is 0.266 e. The third-order valence-electron chi connectivity index (χ3n) is 5.00. The molecule has 0 aliphatic rings. The van der Waals surface area contributed by atoms with Crippen LogP contribution in [-0.2, 0) is 11.2 Å². The van der Waals surface area contributed by atoms with Crippen molar-refractivity contribution in [1.82, 2.24) is 15.0 Å². The van der Waals surface area contributed by atoms with Crippen molar-refractivity contribution in [1.29, 1.82) is 0 Å². The van der Waals surface area contributed by atoms with Gasteiger partial charge in [0.05, 0.1) is 28.6 Å². The topological polar surface area (TPSA) is 96.6 Å². The summed E-state index contributed by atoms with van der Waals surface area (Å²) in [4.78, 5) is 30.2. The number of nitrogens with zero attached hydrogens (tertiary/aromatic N) is 3. The molecule has 1 aromatic heterocycles.